The van der Waals surface area contributed by atoms with Gasteiger partial charge in [0, 0.05) is 128 Å². The van der Waals surface area contributed by atoms with Crippen LogP contribution in [0, 0.1) is 0 Å². The van der Waals surface area contributed by atoms with Crippen molar-refractivity contribution < 1.29 is 8.83 Å². The molecule has 34 aromatic rings. The predicted octanol–water partition coefficient (Wildman–Crippen LogP) is 40.2. The van der Waals surface area contributed by atoms with Crippen molar-refractivity contribution in [3.05, 3.63) is 510 Å². The van der Waals surface area contributed by atoms with Gasteiger partial charge in [0.15, 0.2) is 0 Å². The maximum Gasteiger partial charge on any atom is 0.136 e. The highest BCUT2D eigenvalue weighted by atomic mass is 32.1. The van der Waals surface area contributed by atoms with Gasteiger partial charge in [0.1, 0.15) is 22.3 Å². The van der Waals surface area contributed by atoms with Gasteiger partial charge in [0.2, 0.25) is 0 Å². The molecule has 0 radical (unpaired) electrons. The molecule has 0 aliphatic heterocycles. The van der Waals surface area contributed by atoms with Crippen molar-refractivity contribution >= 4 is 280 Å². The van der Waals surface area contributed by atoms with E-state index in [1.54, 1.807) is 0 Å². The number of hydrogen-bond acceptors (Lipinski definition) is 4. The monoisotopic (exact) mass is 1920 g/mol. The topological polar surface area (TPSA) is 46.0 Å². The number of para-hydroxylation sites is 2. The fourth-order valence-corrected chi connectivity index (χ4v) is 26.8. The highest BCUT2D eigenvalue weighted by molar-refractivity contribution is 7.26. The summed E-state index contributed by atoms with van der Waals surface area (Å²) in [7, 11) is 0. The summed E-state index contributed by atoms with van der Waals surface area (Å²) in [6.07, 6.45) is 0. The number of aromatic nitrogens is 4. The van der Waals surface area contributed by atoms with Gasteiger partial charge in [-0.2, -0.15) is 0 Å². The average Bonchev–Trinajstić information content (AvgIpc) is 1.63. The minimum absolute atomic E-state index is 0.920. The van der Waals surface area contributed by atoms with Crippen LogP contribution in [0.25, 0.3) is 303 Å². The van der Waals surface area contributed by atoms with Crippen LogP contribution >= 0.6 is 22.7 Å². The van der Waals surface area contributed by atoms with Gasteiger partial charge in [-0.05, 0) is 254 Å². The molecule has 688 valence electrons. The highest BCUT2D eigenvalue weighted by Crippen LogP contribution is 2.51. The van der Waals surface area contributed by atoms with Crippen LogP contribution in [-0.2, 0) is 0 Å². The molecule has 0 aliphatic carbocycles. The van der Waals surface area contributed by atoms with E-state index in [1.807, 2.05) is 22.7 Å². The molecule has 148 heavy (non-hydrogen) atoms. The Hall–Kier alpha value is -19.0. The molecule has 0 fully saturated rings. The maximum atomic E-state index is 6.51. The van der Waals surface area contributed by atoms with Crippen molar-refractivity contribution in [3.63, 3.8) is 0 Å². The van der Waals surface area contributed by atoms with Crippen LogP contribution in [-0.4, -0.2) is 18.3 Å². The van der Waals surface area contributed by atoms with E-state index in [0.717, 1.165) is 44.5 Å². The predicted molar refractivity (Wildman–Crippen MR) is 634 cm³/mol. The van der Waals surface area contributed by atoms with Gasteiger partial charge >= 0.3 is 0 Å². The van der Waals surface area contributed by atoms with E-state index in [2.05, 4.69) is 528 Å². The second-order valence-corrected chi connectivity index (χ2v) is 41.2. The first-order valence-electron chi connectivity index (χ1n) is 50.6. The van der Waals surface area contributed by atoms with Gasteiger partial charge < -0.3 is 27.1 Å². The number of thiophene rings is 2. The Bertz CT molecular complexity index is 10900. The molecule has 0 aliphatic rings. The largest absolute Gasteiger partial charge is 0.456 e. The van der Waals surface area contributed by atoms with Crippen LogP contribution in [0.5, 0.6) is 0 Å². The van der Waals surface area contributed by atoms with Crippen molar-refractivity contribution in [2.24, 2.45) is 0 Å². The summed E-state index contributed by atoms with van der Waals surface area (Å²) in [4.78, 5) is 0. The number of fused-ring (bicyclic) bond motifs is 40. The third-order valence-electron chi connectivity index (χ3n) is 31.0. The number of furan rings is 2. The molecule has 0 unspecified atom stereocenters. The second-order valence-electron chi connectivity index (χ2n) is 39.1. The normalized spacial score (nSPS) is 12.1. The molecular formula is C140H84N4O2S2. The van der Waals surface area contributed by atoms with Gasteiger partial charge in [0.25, 0.3) is 0 Å². The third kappa shape index (κ3) is 13.1. The summed E-state index contributed by atoms with van der Waals surface area (Å²) < 4.78 is 28.0. The van der Waals surface area contributed by atoms with Crippen LogP contribution < -0.4 is 0 Å². The van der Waals surface area contributed by atoms with Gasteiger partial charge in [-0.25, -0.2) is 0 Å². The van der Waals surface area contributed by atoms with Crippen molar-refractivity contribution in [2.45, 2.75) is 0 Å². The van der Waals surface area contributed by atoms with E-state index in [4.69, 9.17) is 8.83 Å². The van der Waals surface area contributed by atoms with Gasteiger partial charge in [-0.3, -0.25) is 0 Å². The average molecular weight is 1920 g/mol. The molecule has 8 aromatic heterocycles. The summed E-state index contributed by atoms with van der Waals surface area (Å²) in [6, 6.07) is 185. The Labute approximate surface area is 855 Å². The molecule has 6 nitrogen and oxygen atoms in total. The molecule has 0 bridgehead atoms. The van der Waals surface area contributed by atoms with E-state index < -0.39 is 0 Å². The standard InChI is InChI=1S/C38H23NO.C38H23NS.C32H19NO.C32H19NS/c2*1-2-9-24(10-3-1)27-13-8-14-28(21-27)39-33-19-17-25-11-4-6-15-29(25)37(33)31-23-36-32(22-34(31)39)38-30-16-7-5-12-26(30)18-20-35(38)40-36;2*1-2-10-22(11-3-1)33-27-16-14-20-8-4-6-12-23(20)31(27)25-19-30-26(18-28(25)33)32-24-13-7-5-9-21(24)15-17-29(32)34-30/h2*1-23H;2*1-19H. The SMILES string of the molecule is c1ccc(-c2cccc(-n3c4cc5c(cc4c4c6ccccc6ccc43)oc3ccc4ccccc4c35)c2)cc1.c1ccc(-c2cccc(-n3c4cc5c(cc4c4c6ccccc6ccc43)sc3ccc4ccccc4c35)c2)cc1.c1ccc(-n2c3cc4c(cc3c3c5ccccc5ccc32)oc2ccc3ccccc3c24)cc1.c1ccc(-n2c3cc4c(cc3c3c5ccccc5ccc32)sc2ccc3ccccc3c24)cc1. The number of rotatable bonds is 6. The molecule has 0 saturated carbocycles. The van der Waals surface area contributed by atoms with Crippen LogP contribution in [0.3, 0.4) is 0 Å². The van der Waals surface area contributed by atoms with Gasteiger partial charge in [-0.15, -0.1) is 22.7 Å². The quantitative estimate of drug-likeness (QED) is 0.167. The van der Waals surface area contributed by atoms with Crippen molar-refractivity contribution in [3.8, 4) is 45.0 Å². The summed E-state index contributed by atoms with van der Waals surface area (Å²) in [5.41, 5.74) is 23.0. The Morgan fingerprint density at radius 2 is 0.372 bits per heavy atom. The Kier molecular flexibility index (Phi) is 18.8. The minimum Gasteiger partial charge on any atom is -0.456 e. The Morgan fingerprint density at radius 1 is 0.128 bits per heavy atom. The first-order chi connectivity index (χ1) is 73.4. The fraction of sp³-hybridized carbons (Fsp3) is 0. The second kappa shape index (κ2) is 33.3. The molecule has 0 N–H and O–H groups in total. The third-order valence-corrected chi connectivity index (χ3v) is 33.2. The highest BCUT2D eigenvalue weighted by Gasteiger charge is 2.27. The number of hydrogen-bond donors (Lipinski definition) is 0. The molecule has 0 atom stereocenters. The lowest BCUT2D eigenvalue weighted by Gasteiger charge is -2.11. The van der Waals surface area contributed by atoms with E-state index in [9.17, 15) is 0 Å². The molecular weight excluding hydrogens is 1830 g/mol. The summed E-state index contributed by atoms with van der Waals surface area (Å²) >= 11 is 3.80. The summed E-state index contributed by atoms with van der Waals surface area (Å²) in [6.45, 7) is 0. The molecule has 8 heterocycles. The summed E-state index contributed by atoms with van der Waals surface area (Å²) in [5, 5.41) is 40.6. The van der Waals surface area contributed by atoms with Crippen molar-refractivity contribution in [2.75, 3.05) is 0 Å². The smallest absolute Gasteiger partial charge is 0.136 e. The molecule has 0 spiro atoms. The van der Waals surface area contributed by atoms with Gasteiger partial charge in [0.05, 0.1) is 44.1 Å². The minimum atomic E-state index is 0.920. The molecule has 8 heteroatoms. The number of benzene rings is 26. The zero-order chi connectivity index (χ0) is 96.9. The lowest BCUT2D eigenvalue weighted by molar-refractivity contribution is 0.669. The Morgan fingerprint density at radius 3 is 0.696 bits per heavy atom. The zero-order valence-electron chi connectivity index (χ0n) is 79.9. The lowest BCUT2D eigenvalue weighted by atomic mass is 10.0. The van der Waals surface area contributed by atoms with Crippen molar-refractivity contribution in [1.82, 2.24) is 18.3 Å². The van der Waals surface area contributed by atoms with E-state index >= 15 is 0 Å². The number of nitrogens with zero attached hydrogens (tertiary/aromatic N) is 4. The van der Waals surface area contributed by atoms with Gasteiger partial charge in [-0.1, -0.05) is 364 Å². The van der Waals surface area contributed by atoms with E-state index in [0.29, 0.717) is 0 Å². The summed E-state index contributed by atoms with van der Waals surface area (Å²) in [5.74, 6) is 0. The van der Waals surface area contributed by atoms with E-state index in [1.165, 1.54) is 258 Å². The van der Waals surface area contributed by atoms with Crippen LogP contribution in [0.15, 0.2) is 518 Å². The fourth-order valence-electron chi connectivity index (χ4n) is 24.5. The van der Waals surface area contributed by atoms with Crippen LogP contribution in [0.4, 0.5) is 0 Å². The molecule has 0 saturated heterocycles. The first-order valence-corrected chi connectivity index (χ1v) is 52.3. The molecule has 34 rings (SSSR count). The van der Waals surface area contributed by atoms with Crippen molar-refractivity contribution in [1.29, 1.82) is 0 Å². The first kappa shape index (κ1) is 83.6. The Balaban J connectivity index is 0.0000000895. The van der Waals surface area contributed by atoms with E-state index in [-0.39, 0.29) is 0 Å². The lowest BCUT2D eigenvalue weighted by Crippen LogP contribution is -1.94. The maximum absolute atomic E-state index is 6.51. The molecule has 26 aromatic carbocycles. The van der Waals surface area contributed by atoms with Crippen LogP contribution in [0.2, 0.25) is 0 Å². The van der Waals surface area contributed by atoms with Crippen LogP contribution in [0.1, 0.15) is 0 Å². The molecule has 0 amide bonds. The zero-order valence-corrected chi connectivity index (χ0v) is 81.6.